The molecule has 0 saturated heterocycles. The van der Waals surface area contributed by atoms with Crippen LogP contribution >= 0.6 is 0 Å². The first-order chi connectivity index (χ1) is 8.70. The third kappa shape index (κ3) is 2.65. The van der Waals surface area contributed by atoms with Crippen LogP contribution in [0.25, 0.3) is 0 Å². The van der Waals surface area contributed by atoms with Gasteiger partial charge in [0.2, 0.25) is 5.12 Å². The fraction of sp³-hybridized carbons (Fsp3) is 0.0714. The van der Waals surface area contributed by atoms with Crippen LogP contribution in [0.4, 0.5) is 0 Å². The first-order valence-electron chi connectivity index (χ1n) is 5.52. The van der Waals surface area contributed by atoms with Crippen molar-refractivity contribution < 1.29 is 9.00 Å². The Labute approximate surface area is 107 Å². The van der Waals surface area contributed by atoms with Crippen LogP contribution in [-0.4, -0.2) is 9.32 Å². The molecule has 4 heteroatoms. The van der Waals surface area contributed by atoms with Gasteiger partial charge in [-0.2, -0.15) is 0 Å². The number of carbonyl (C=O) groups is 1. The molecule has 0 radical (unpaired) electrons. The van der Waals surface area contributed by atoms with Crippen LogP contribution in [0, 0.1) is 4.78 Å². The molecule has 2 rings (SSSR count). The summed E-state index contributed by atoms with van der Waals surface area (Å²) in [6.07, 6.45) is 0. The van der Waals surface area contributed by atoms with E-state index in [2.05, 4.69) is 0 Å². The molecule has 0 aliphatic carbocycles. The zero-order chi connectivity index (χ0) is 13.0. The minimum Gasteiger partial charge on any atom is -0.283 e. The molecule has 0 bridgehead atoms. The SMILES string of the molecule is N=[SH](=O)C(=O)C(c1ccccc1)c1ccccc1. The lowest BCUT2D eigenvalue weighted by Gasteiger charge is -2.14. The van der Waals surface area contributed by atoms with Crippen LogP contribution < -0.4 is 0 Å². The van der Waals surface area contributed by atoms with Crippen molar-refractivity contribution in [1.82, 2.24) is 0 Å². The van der Waals surface area contributed by atoms with Gasteiger partial charge in [-0.25, -0.2) is 8.99 Å². The lowest BCUT2D eigenvalue weighted by Crippen LogP contribution is -2.14. The second-order valence-corrected chi connectivity index (χ2v) is 4.92. The van der Waals surface area contributed by atoms with Crippen LogP contribution in [0.15, 0.2) is 60.7 Å². The molecule has 3 nitrogen and oxygen atoms in total. The number of rotatable bonds is 3. The van der Waals surface area contributed by atoms with E-state index >= 15 is 0 Å². The smallest absolute Gasteiger partial charge is 0.236 e. The zero-order valence-electron chi connectivity index (χ0n) is 9.61. The van der Waals surface area contributed by atoms with Crippen LogP contribution in [0.1, 0.15) is 17.0 Å². The van der Waals surface area contributed by atoms with Crippen molar-refractivity contribution in [1.29, 1.82) is 4.78 Å². The second-order valence-electron chi connectivity index (χ2n) is 3.89. The summed E-state index contributed by atoms with van der Waals surface area (Å²) >= 11 is 0. The highest BCUT2D eigenvalue weighted by Gasteiger charge is 2.22. The van der Waals surface area contributed by atoms with Crippen molar-refractivity contribution in [2.24, 2.45) is 0 Å². The van der Waals surface area contributed by atoms with Crippen LogP contribution in [-0.2, 0) is 15.4 Å². The average Bonchev–Trinajstić information content (AvgIpc) is 2.41. The third-order valence-electron chi connectivity index (χ3n) is 2.71. The van der Waals surface area contributed by atoms with Crippen molar-refractivity contribution in [2.45, 2.75) is 5.92 Å². The number of hydrogen-bond donors (Lipinski definition) is 2. The van der Waals surface area contributed by atoms with Gasteiger partial charge < -0.3 is 0 Å². The van der Waals surface area contributed by atoms with Crippen LogP contribution in [0.3, 0.4) is 0 Å². The maximum Gasteiger partial charge on any atom is 0.236 e. The van der Waals surface area contributed by atoms with E-state index < -0.39 is 21.6 Å². The molecule has 1 N–H and O–H groups in total. The summed E-state index contributed by atoms with van der Waals surface area (Å²) in [6, 6.07) is 18.3. The molecule has 1 unspecified atom stereocenters. The number of thiol groups is 1. The quantitative estimate of drug-likeness (QED) is 0.832. The average molecular weight is 259 g/mol. The van der Waals surface area contributed by atoms with E-state index in [4.69, 9.17) is 4.78 Å². The van der Waals surface area contributed by atoms with Crippen molar-refractivity contribution in [2.75, 3.05) is 0 Å². The fourth-order valence-electron chi connectivity index (χ4n) is 1.89. The summed E-state index contributed by atoms with van der Waals surface area (Å²) in [4.78, 5) is 12.0. The van der Waals surface area contributed by atoms with Gasteiger partial charge in [0.05, 0.1) is 16.5 Å². The maximum absolute atomic E-state index is 12.0. The Bertz CT molecular complexity index is 559. The first-order valence-corrected chi connectivity index (χ1v) is 6.78. The van der Waals surface area contributed by atoms with Gasteiger partial charge in [0.1, 0.15) is 0 Å². The molecule has 1 atom stereocenters. The van der Waals surface area contributed by atoms with Crippen molar-refractivity contribution in [3.05, 3.63) is 71.8 Å². The van der Waals surface area contributed by atoms with Gasteiger partial charge in [0, 0.05) is 0 Å². The lowest BCUT2D eigenvalue weighted by molar-refractivity contribution is -0.111. The zero-order valence-corrected chi connectivity index (χ0v) is 10.5. The molecular weight excluding hydrogens is 246 g/mol. The monoisotopic (exact) mass is 259 g/mol. The Morgan fingerprint density at radius 3 is 1.61 bits per heavy atom. The molecule has 2 aromatic carbocycles. The Hall–Kier alpha value is -1.94. The normalized spacial score (nSPS) is 12.3. The summed E-state index contributed by atoms with van der Waals surface area (Å²) in [6.45, 7) is 0. The standard InChI is InChI=1S/C14H13NO2S/c15-18(17)14(16)13(11-7-3-1-4-8-11)12-9-5-2-6-10-12/h1-10,13,15,18H. The molecule has 0 saturated carbocycles. The topological polar surface area (TPSA) is 58.0 Å². The summed E-state index contributed by atoms with van der Waals surface area (Å²) in [7, 11) is -2.59. The molecular formula is C14H13NO2S. The van der Waals surface area contributed by atoms with Crippen molar-refractivity contribution in [3.8, 4) is 0 Å². The Morgan fingerprint density at radius 1 is 0.889 bits per heavy atom. The number of nitrogens with one attached hydrogen (secondary N) is 1. The summed E-state index contributed by atoms with van der Waals surface area (Å²) in [5.41, 5.74) is 1.54. The predicted octanol–water partition coefficient (Wildman–Crippen LogP) is 2.59. The van der Waals surface area contributed by atoms with Gasteiger partial charge in [-0.1, -0.05) is 60.7 Å². The minimum absolute atomic E-state index is 0.553. The van der Waals surface area contributed by atoms with Gasteiger partial charge in [-0.05, 0) is 11.1 Å². The van der Waals surface area contributed by atoms with Gasteiger partial charge >= 0.3 is 0 Å². The second kappa shape index (κ2) is 5.60. The minimum atomic E-state index is -2.59. The first kappa shape index (κ1) is 12.5. The molecule has 0 aliphatic rings. The van der Waals surface area contributed by atoms with E-state index in [1.165, 1.54) is 0 Å². The highest BCUT2D eigenvalue weighted by atomic mass is 32.2. The number of benzene rings is 2. The van der Waals surface area contributed by atoms with Gasteiger partial charge in [0.15, 0.2) is 0 Å². The van der Waals surface area contributed by atoms with E-state index in [-0.39, 0.29) is 0 Å². The van der Waals surface area contributed by atoms with E-state index in [0.717, 1.165) is 11.1 Å². The Kier molecular flexibility index (Phi) is 3.89. The highest BCUT2D eigenvalue weighted by Crippen LogP contribution is 2.25. The molecule has 0 fully saturated rings. The molecule has 92 valence electrons. The van der Waals surface area contributed by atoms with Crippen LogP contribution in [0.2, 0.25) is 0 Å². The number of carbonyl (C=O) groups excluding carboxylic acids is 1. The van der Waals surface area contributed by atoms with Crippen molar-refractivity contribution in [3.63, 3.8) is 0 Å². The number of hydrogen-bond acceptors (Lipinski definition) is 3. The summed E-state index contributed by atoms with van der Waals surface area (Å²) in [5, 5.41) is -0.553. The maximum atomic E-state index is 12.0. The molecule has 0 aromatic heterocycles. The molecule has 0 heterocycles. The Balaban J connectivity index is 2.52. The van der Waals surface area contributed by atoms with Crippen LogP contribution in [0.5, 0.6) is 0 Å². The van der Waals surface area contributed by atoms with Gasteiger partial charge in [-0.15, -0.1) is 0 Å². The van der Waals surface area contributed by atoms with E-state index in [9.17, 15) is 9.00 Å². The fourth-order valence-corrected chi connectivity index (χ4v) is 2.42. The van der Waals surface area contributed by atoms with Crippen molar-refractivity contribution >= 4 is 15.7 Å². The third-order valence-corrected chi connectivity index (χ3v) is 3.37. The largest absolute Gasteiger partial charge is 0.283 e. The predicted molar refractivity (Wildman–Crippen MR) is 72.0 cm³/mol. The molecule has 0 aliphatic heterocycles. The van der Waals surface area contributed by atoms with Gasteiger partial charge in [-0.3, -0.25) is 4.79 Å². The Morgan fingerprint density at radius 2 is 1.28 bits per heavy atom. The molecule has 18 heavy (non-hydrogen) atoms. The van der Waals surface area contributed by atoms with E-state index in [1.807, 2.05) is 60.7 Å². The molecule has 2 aromatic rings. The summed E-state index contributed by atoms with van der Waals surface area (Å²) < 4.78 is 18.4. The van der Waals surface area contributed by atoms with E-state index in [0.29, 0.717) is 0 Å². The molecule has 0 spiro atoms. The highest BCUT2D eigenvalue weighted by molar-refractivity contribution is 7.90. The summed E-state index contributed by atoms with van der Waals surface area (Å²) in [5.74, 6) is -0.617. The lowest BCUT2D eigenvalue weighted by atomic mass is 9.92. The van der Waals surface area contributed by atoms with Gasteiger partial charge in [0.25, 0.3) is 0 Å². The molecule has 0 amide bonds. The van der Waals surface area contributed by atoms with E-state index in [1.54, 1.807) is 0 Å².